The first-order valence-electron chi connectivity index (χ1n) is 11.0. The summed E-state index contributed by atoms with van der Waals surface area (Å²) in [5, 5.41) is 7.78. The number of nitrogens with one attached hydrogen (secondary N) is 3. The number of carbonyl (C=O) groups excluding carboxylic acids is 5. The van der Waals surface area contributed by atoms with E-state index in [0.29, 0.717) is 29.2 Å². The molecule has 0 heterocycles. The number of hydrogen-bond acceptors (Lipinski definition) is 7. The Kier molecular flexibility index (Phi) is 10.4. The number of benzene rings is 2. The lowest BCUT2D eigenvalue weighted by Gasteiger charge is -2.09. The maximum atomic E-state index is 12.1. The maximum Gasteiger partial charge on any atom is 0.338 e. The molecule has 0 fully saturated rings. The lowest BCUT2D eigenvalue weighted by atomic mass is 10.2. The van der Waals surface area contributed by atoms with E-state index in [1.165, 1.54) is 13.0 Å². The molecule has 10 heteroatoms. The van der Waals surface area contributed by atoms with Crippen LogP contribution in [0.3, 0.4) is 0 Å². The van der Waals surface area contributed by atoms with Gasteiger partial charge in [0.2, 0.25) is 11.8 Å². The quantitative estimate of drug-likeness (QED) is 0.416. The van der Waals surface area contributed by atoms with Crippen LogP contribution in [0.15, 0.2) is 48.5 Å². The summed E-state index contributed by atoms with van der Waals surface area (Å²) in [6.07, 6.45) is -0.381. The zero-order valence-electron chi connectivity index (χ0n) is 19.9. The van der Waals surface area contributed by atoms with E-state index >= 15 is 0 Å². The Balaban J connectivity index is 1.72. The average Bonchev–Trinajstić information content (AvgIpc) is 2.81. The minimum atomic E-state index is -0.706. The van der Waals surface area contributed by atoms with E-state index in [1.807, 2.05) is 13.8 Å². The lowest BCUT2D eigenvalue weighted by Crippen LogP contribution is -2.21. The molecule has 0 atom stereocenters. The third kappa shape index (κ3) is 10.5. The van der Waals surface area contributed by atoms with Crippen molar-refractivity contribution in [2.75, 3.05) is 29.2 Å². The highest BCUT2D eigenvalue weighted by molar-refractivity contribution is 5.96. The lowest BCUT2D eigenvalue weighted by molar-refractivity contribution is -0.147. The number of rotatable bonds is 11. The first-order chi connectivity index (χ1) is 16.6. The van der Waals surface area contributed by atoms with Gasteiger partial charge in [0.1, 0.15) is 0 Å². The summed E-state index contributed by atoms with van der Waals surface area (Å²) >= 11 is 0. The van der Waals surface area contributed by atoms with Gasteiger partial charge in [-0.2, -0.15) is 0 Å². The number of esters is 2. The van der Waals surface area contributed by atoms with Gasteiger partial charge in [0.25, 0.3) is 5.91 Å². The van der Waals surface area contributed by atoms with Gasteiger partial charge in [-0.3, -0.25) is 19.2 Å². The predicted octanol–water partition coefficient (Wildman–Crippen LogP) is 3.36. The smallest absolute Gasteiger partial charge is 0.338 e. The number of carbonyl (C=O) groups is 5. The molecule has 0 radical (unpaired) electrons. The molecule has 10 nitrogen and oxygen atoms in total. The van der Waals surface area contributed by atoms with E-state index in [2.05, 4.69) is 16.0 Å². The van der Waals surface area contributed by atoms with E-state index < -0.39 is 30.4 Å². The molecule has 35 heavy (non-hydrogen) atoms. The van der Waals surface area contributed by atoms with Crippen LogP contribution < -0.4 is 16.0 Å². The van der Waals surface area contributed by atoms with Gasteiger partial charge in [-0.15, -0.1) is 0 Å². The van der Waals surface area contributed by atoms with Crippen molar-refractivity contribution in [2.24, 2.45) is 5.92 Å². The van der Waals surface area contributed by atoms with E-state index in [9.17, 15) is 24.0 Å². The summed E-state index contributed by atoms with van der Waals surface area (Å²) in [4.78, 5) is 59.1. The first kappa shape index (κ1) is 27.0. The molecule has 2 rings (SSSR count). The van der Waals surface area contributed by atoms with Gasteiger partial charge in [0.15, 0.2) is 6.61 Å². The van der Waals surface area contributed by atoms with Gasteiger partial charge in [0.05, 0.1) is 18.6 Å². The minimum Gasteiger partial charge on any atom is -0.462 e. The average molecular weight is 484 g/mol. The minimum absolute atomic E-state index is 0.160. The molecule has 0 aliphatic rings. The standard InChI is InChI=1S/C25H29N3O7/c1-16(2)14-35-25(33)18-5-4-6-21(13-18)28-22(30)11-12-24(32)34-15-23(31)27-20-9-7-19(8-10-20)26-17(3)29/h4-10,13,16H,11-12,14-15H2,1-3H3,(H,26,29)(H,27,31)(H,28,30). The van der Waals surface area contributed by atoms with Crippen molar-refractivity contribution in [3.63, 3.8) is 0 Å². The Hall–Kier alpha value is -4.21. The second-order valence-corrected chi connectivity index (χ2v) is 8.09. The van der Waals surface area contributed by atoms with Crippen LogP contribution in [-0.4, -0.2) is 42.9 Å². The van der Waals surface area contributed by atoms with Crippen molar-refractivity contribution in [1.29, 1.82) is 0 Å². The zero-order valence-corrected chi connectivity index (χ0v) is 19.9. The van der Waals surface area contributed by atoms with Crippen LogP contribution in [0.4, 0.5) is 17.1 Å². The second kappa shape index (κ2) is 13.5. The number of hydrogen-bond donors (Lipinski definition) is 3. The summed E-state index contributed by atoms with van der Waals surface area (Å²) in [6.45, 7) is 5.03. The number of amides is 3. The fourth-order valence-electron chi connectivity index (χ4n) is 2.74. The molecule has 2 aromatic rings. The van der Waals surface area contributed by atoms with E-state index in [-0.39, 0.29) is 24.7 Å². The molecule has 0 aliphatic heterocycles. The van der Waals surface area contributed by atoms with Gasteiger partial charge in [-0.1, -0.05) is 19.9 Å². The Morgan fingerprint density at radius 2 is 1.40 bits per heavy atom. The molecule has 0 spiro atoms. The predicted molar refractivity (Wildman–Crippen MR) is 130 cm³/mol. The summed E-state index contributed by atoms with van der Waals surface area (Å²) < 4.78 is 10.1. The molecule has 2 aromatic carbocycles. The molecule has 0 saturated heterocycles. The van der Waals surface area contributed by atoms with Crippen molar-refractivity contribution in [3.05, 3.63) is 54.1 Å². The van der Waals surface area contributed by atoms with Crippen LogP contribution in [0.5, 0.6) is 0 Å². The van der Waals surface area contributed by atoms with Crippen molar-refractivity contribution in [1.82, 2.24) is 0 Å². The van der Waals surface area contributed by atoms with Gasteiger partial charge < -0.3 is 25.4 Å². The van der Waals surface area contributed by atoms with Crippen LogP contribution in [-0.2, 0) is 28.7 Å². The highest BCUT2D eigenvalue weighted by atomic mass is 16.5. The van der Waals surface area contributed by atoms with Crippen LogP contribution in [0.1, 0.15) is 44.0 Å². The highest BCUT2D eigenvalue weighted by Crippen LogP contribution is 2.14. The first-order valence-corrected chi connectivity index (χ1v) is 11.0. The van der Waals surface area contributed by atoms with E-state index in [1.54, 1.807) is 42.5 Å². The number of anilines is 3. The molecule has 3 N–H and O–H groups in total. The van der Waals surface area contributed by atoms with Gasteiger partial charge in [-0.25, -0.2) is 4.79 Å². The topological polar surface area (TPSA) is 140 Å². The highest BCUT2D eigenvalue weighted by Gasteiger charge is 2.13. The summed E-state index contributed by atoms with van der Waals surface area (Å²) in [6, 6.07) is 12.7. The maximum absolute atomic E-state index is 12.1. The van der Waals surface area contributed by atoms with Crippen LogP contribution in [0.25, 0.3) is 0 Å². The normalized spacial score (nSPS) is 10.3. The Bertz CT molecular complexity index is 1060. The molecule has 0 bridgehead atoms. The molecule has 0 saturated carbocycles. The summed E-state index contributed by atoms with van der Waals surface area (Å²) in [5.41, 5.74) is 1.75. The molecule has 3 amide bonds. The van der Waals surface area contributed by atoms with Crippen molar-refractivity contribution < 1.29 is 33.4 Å². The molecule has 0 aromatic heterocycles. The van der Waals surface area contributed by atoms with Crippen molar-refractivity contribution in [2.45, 2.75) is 33.6 Å². The SMILES string of the molecule is CC(=O)Nc1ccc(NC(=O)COC(=O)CCC(=O)Nc2cccc(C(=O)OCC(C)C)c2)cc1. The number of ether oxygens (including phenoxy) is 2. The molecule has 0 unspecified atom stereocenters. The largest absolute Gasteiger partial charge is 0.462 e. The fraction of sp³-hybridized carbons (Fsp3) is 0.320. The summed E-state index contributed by atoms with van der Waals surface area (Å²) in [5.74, 6) is -2.19. The van der Waals surface area contributed by atoms with Crippen LogP contribution in [0, 0.1) is 5.92 Å². The summed E-state index contributed by atoms with van der Waals surface area (Å²) in [7, 11) is 0. The van der Waals surface area contributed by atoms with E-state index in [0.717, 1.165) is 0 Å². The van der Waals surface area contributed by atoms with Crippen molar-refractivity contribution >= 4 is 46.7 Å². The van der Waals surface area contributed by atoms with Crippen LogP contribution in [0.2, 0.25) is 0 Å². The van der Waals surface area contributed by atoms with Crippen LogP contribution >= 0.6 is 0 Å². The zero-order chi connectivity index (χ0) is 25.8. The van der Waals surface area contributed by atoms with Crippen molar-refractivity contribution in [3.8, 4) is 0 Å². The Morgan fingerprint density at radius 3 is 2.03 bits per heavy atom. The molecular formula is C25H29N3O7. The molecule has 186 valence electrons. The molecular weight excluding hydrogens is 454 g/mol. The van der Waals surface area contributed by atoms with Gasteiger partial charge >= 0.3 is 11.9 Å². The van der Waals surface area contributed by atoms with E-state index in [4.69, 9.17) is 9.47 Å². The Labute approximate surface area is 203 Å². The molecule has 0 aliphatic carbocycles. The Morgan fingerprint density at radius 1 is 0.771 bits per heavy atom. The third-order valence-corrected chi connectivity index (χ3v) is 4.34. The fourth-order valence-corrected chi connectivity index (χ4v) is 2.74. The second-order valence-electron chi connectivity index (χ2n) is 8.09. The van der Waals surface area contributed by atoms with Gasteiger partial charge in [0, 0.05) is 30.4 Å². The third-order valence-electron chi connectivity index (χ3n) is 4.34. The monoisotopic (exact) mass is 483 g/mol. The van der Waals surface area contributed by atoms with Gasteiger partial charge in [-0.05, 0) is 48.4 Å².